The summed E-state index contributed by atoms with van der Waals surface area (Å²) in [6.07, 6.45) is 3.97. The molecule has 1 aliphatic carbocycles. The summed E-state index contributed by atoms with van der Waals surface area (Å²) in [5.41, 5.74) is -0.458. The molecule has 0 N–H and O–H groups in total. The molecule has 1 aromatic rings. The number of imide groups is 1. The molecule has 1 spiro atoms. The molecule has 2 saturated heterocycles. The minimum atomic E-state index is -3.54. The third-order valence-corrected chi connectivity index (χ3v) is 9.46. The Kier molecular flexibility index (Phi) is 5.09. The van der Waals surface area contributed by atoms with Crippen molar-refractivity contribution in [2.45, 2.75) is 36.3 Å². The quantitative estimate of drug-likeness (QED) is 0.681. The van der Waals surface area contributed by atoms with Gasteiger partial charge in [-0.15, -0.1) is 11.3 Å². The number of amides is 2. The van der Waals surface area contributed by atoms with Gasteiger partial charge in [-0.05, 0) is 25.0 Å². The average molecular weight is 432 g/mol. The maximum atomic E-state index is 12.8. The van der Waals surface area contributed by atoms with E-state index in [4.69, 9.17) is 11.6 Å². The second-order valence-electron chi connectivity index (χ2n) is 7.51. The van der Waals surface area contributed by atoms with Gasteiger partial charge in [0.15, 0.2) is 0 Å². The molecule has 148 valence electrons. The van der Waals surface area contributed by atoms with E-state index in [1.165, 1.54) is 15.3 Å². The van der Waals surface area contributed by atoms with Crippen molar-refractivity contribution in [3.05, 3.63) is 16.5 Å². The molecule has 0 unspecified atom stereocenters. The Morgan fingerprint density at radius 1 is 1.07 bits per heavy atom. The second-order valence-corrected chi connectivity index (χ2v) is 11.4. The number of halogens is 1. The van der Waals surface area contributed by atoms with Crippen molar-refractivity contribution in [3.8, 4) is 0 Å². The van der Waals surface area contributed by atoms with Gasteiger partial charge in [0, 0.05) is 32.6 Å². The highest BCUT2D eigenvalue weighted by Crippen LogP contribution is 2.46. The number of likely N-dealkylation sites (tertiary alicyclic amines) is 1. The Morgan fingerprint density at radius 2 is 1.74 bits per heavy atom. The maximum absolute atomic E-state index is 12.8. The van der Waals surface area contributed by atoms with Crippen LogP contribution in [0.25, 0.3) is 0 Å². The zero-order valence-electron chi connectivity index (χ0n) is 14.9. The molecule has 0 radical (unpaired) electrons. The lowest BCUT2D eigenvalue weighted by molar-refractivity contribution is -0.144. The van der Waals surface area contributed by atoms with Crippen LogP contribution in [-0.4, -0.2) is 67.2 Å². The van der Waals surface area contributed by atoms with Crippen LogP contribution < -0.4 is 0 Å². The van der Waals surface area contributed by atoms with E-state index in [2.05, 4.69) is 0 Å². The fourth-order valence-corrected chi connectivity index (χ4v) is 7.38. The zero-order valence-corrected chi connectivity index (χ0v) is 17.3. The molecule has 2 amide bonds. The number of hydrogen-bond acceptors (Lipinski definition) is 6. The van der Waals surface area contributed by atoms with E-state index < -0.39 is 15.4 Å². The predicted octanol–water partition coefficient (Wildman–Crippen LogP) is 1.98. The van der Waals surface area contributed by atoms with Gasteiger partial charge in [-0.3, -0.25) is 19.4 Å². The van der Waals surface area contributed by atoms with Crippen LogP contribution in [-0.2, 0) is 19.6 Å². The van der Waals surface area contributed by atoms with Crippen molar-refractivity contribution in [1.82, 2.24) is 14.1 Å². The van der Waals surface area contributed by atoms with E-state index >= 15 is 0 Å². The van der Waals surface area contributed by atoms with Gasteiger partial charge >= 0.3 is 0 Å². The van der Waals surface area contributed by atoms with Gasteiger partial charge in [-0.2, -0.15) is 4.31 Å². The highest BCUT2D eigenvalue weighted by atomic mass is 35.5. The van der Waals surface area contributed by atoms with E-state index in [-0.39, 0.29) is 22.7 Å². The van der Waals surface area contributed by atoms with Gasteiger partial charge in [0.1, 0.15) is 4.21 Å². The lowest BCUT2D eigenvalue weighted by atomic mass is 9.85. The van der Waals surface area contributed by atoms with Crippen LogP contribution in [0.3, 0.4) is 0 Å². The third kappa shape index (κ3) is 3.44. The smallest absolute Gasteiger partial charge is 0.252 e. The Hall–Kier alpha value is -1.000. The normalized spacial score (nSPS) is 24.4. The van der Waals surface area contributed by atoms with Crippen molar-refractivity contribution in [3.63, 3.8) is 0 Å². The van der Waals surface area contributed by atoms with Crippen molar-refractivity contribution < 1.29 is 18.0 Å². The lowest BCUT2D eigenvalue weighted by Gasteiger charge is -2.35. The van der Waals surface area contributed by atoms with Gasteiger partial charge in [-0.1, -0.05) is 24.4 Å². The molecule has 0 atom stereocenters. The molecular weight excluding hydrogens is 410 g/mol. The molecule has 27 heavy (non-hydrogen) atoms. The topological polar surface area (TPSA) is 78.0 Å². The number of nitrogens with zero attached hydrogens (tertiary/aromatic N) is 3. The minimum Gasteiger partial charge on any atom is -0.283 e. The van der Waals surface area contributed by atoms with E-state index in [0.717, 1.165) is 37.0 Å². The van der Waals surface area contributed by atoms with Crippen molar-refractivity contribution in [1.29, 1.82) is 0 Å². The summed E-state index contributed by atoms with van der Waals surface area (Å²) in [4.78, 5) is 28.5. The fourth-order valence-electron chi connectivity index (χ4n) is 4.32. The molecule has 3 aliphatic rings. The molecule has 2 aliphatic heterocycles. The molecular formula is C17H22ClN3O4S2. The maximum Gasteiger partial charge on any atom is 0.252 e. The van der Waals surface area contributed by atoms with E-state index in [1.54, 1.807) is 6.07 Å². The Labute approximate surface area is 167 Å². The summed E-state index contributed by atoms with van der Waals surface area (Å²) in [6, 6.07) is 3.11. The Bertz CT molecular complexity index is 855. The second kappa shape index (κ2) is 7.11. The van der Waals surface area contributed by atoms with Gasteiger partial charge in [0.05, 0.1) is 16.4 Å². The predicted molar refractivity (Wildman–Crippen MR) is 102 cm³/mol. The summed E-state index contributed by atoms with van der Waals surface area (Å²) in [7, 11) is -3.54. The number of carbonyl (C=O) groups is 2. The summed E-state index contributed by atoms with van der Waals surface area (Å²) in [5.74, 6) is -0.126. The number of rotatable bonds is 4. The minimum absolute atomic E-state index is 0.0340. The molecule has 10 heteroatoms. The monoisotopic (exact) mass is 431 g/mol. The molecule has 1 aromatic heterocycles. The van der Waals surface area contributed by atoms with E-state index in [9.17, 15) is 18.0 Å². The molecule has 0 aromatic carbocycles. The average Bonchev–Trinajstić information content (AvgIpc) is 3.34. The first-order chi connectivity index (χ1) is 12.8. The number of thiophene rings is 1. The first-order valence-electron chi connectivity index (χ1n) is 9.14. The van der Waals surface area contributed by atoms with Crippen molar-refractivity contribution in [2.24, 2.45) is 5.41 Å². The van der Waals surface area contributed by atoms with Gasteiger partial charge in [0.2, 0.25) is 11.8 Å². The van der Waals surface area contributed by atoms with Gasteiger partial charge < -0.3 is 0 Å². The van der Waals surface area contributed by atoms with Crippen LogP contribution in [0.4, 0.5) is 0 Å². The highest BCUT2D eigenvalue weighted by molar-refractivity contribution is 7.91. The molecule has 1 saturated carbocycles. The number of carbonyl (C=O) groups excluding carboxylic acids is 2. The first-order valence-corrected chi connectivity index (χ1v) is 11.8. The van der Waals surface area contributed by atoms with Crippen LogP contribution in [0.2, 0.25) is 4.34 Å². The fraction of sp³-hybridized carbons (Fsp3) is 0.647. The molecule has 7 nitrogen and oxygen atoms in total. The van der Waals surface area contributed by atoms with Crippen molar-refractivity contribution in [2.75, 3.05) is 32.8 Å². The zero-order chi connectivity index (χ0) is 19.2. The lowest BCUT2D eigenvalue weighted by Crippen LogP contribution is -2.52. The molecule has 4 rings (SSSR count). The highest BCUT2D eigenvalue weighted by Gasteiger charge is 2.52. The largest absolute Gasteiger partial charge is 0.283 e. The van der Waals surface area contributed by atoms with Crippen LogP contribution in [0.15, 0.2) is 16.3 Å². The standard InChI is InChI=1S/C17H22ClN3O4S2/c18-13-3-4-15(26-13)27(24,25)20-9-7-19(8-10-20)12-21-14(22)11-17(16(21)23)5-1-2-6-17/h3-4H,1-2,5-12H2. The summed E-state index contributed by atoms with van der Waals surface area (Å²) >= 11 is 6.91. The van der Waals surface area contributed by atoms with E-state index in [0.29, 0.717) is 36.9 Å². The molecule has 3 heterocycles. The Balaban J connectivity index is 1.37. The van der Waals surface area contributed by atoms with Crippen LogP contribution in [0, 0.1) is 5.41 Å². The number of sulfonamides is 1. The van der Waals surface area contributed by atoms with Gasteiger partial charge in [0.25, 0.3) is 10.0 Å². The summed E-state index contributed by atoms with van der Waals surface area (Å²) < 4.78 is 27.5. The van der Waals surface area contributed by atoms with Crippen LogP contribution in [0.5, 0.6) is 0 Å². The van der Waals surface area contributed by atoms with E-state index in [1.807, 2.05) is 4.90 Å². The number of piperazine rings is 1. The summed E-state index contributed by atoms with van der Waals surface area (Å²) in [6.45, 7) is 1.90. The van der Waals surface area contributed by atoms with Gasteiger partial charge in [-0.25, -0.2) is 8.42 Å². The van der Waals surface area contributed by atoms with Crippen LogP contribution >= 0.6 is 22.9 Å². The van der Waals surface area contributed by atoms with Crippen molar-refractivity contribution >= 4 is 44.8 Å². The molecule has 3 fully saturated rings. The summed E-state index contributed by atoms with van der Waals surface area (Å²) in [5, 5.41) is 0. The number of hydrogen-bond donors (Lipinski definition) is 0. The SMILES string of the molecule is O=C1CC2(CCCC2)C(=O)N1CN1CCN(S(=O)(=O)c2ccc(Cl)s2)CC1. The van der Waals surface area contributed by atoms with Crippen LogP contribution in [0.1, 0.15) is 32.1 Å². The third-order valence-electron chi connectivity index (χ3n) is 5.87. The first kappa shape index (κ1) is 19.3. The Morgan fingerprint density at radius 3 is 2.33 bits per heavy atom. The molecule has 0 bridgehead atoms.